The van der Waals surface area contributed by atoms with Crippen molar-refractivity contribution >= 4 is 29.0 Å². The number of methoxy groups -OCH3 is 1. The van der Waals surface area contributed by atoms with Crippen LogP contribution in [0, 0.1) is 6.92 Å². The minimum Gasteiger partial charge on any atom is -0.395 e. The minimum absolute atomic E-state index is 0.0825. The third kappa shape index (κ3) is 5.27. The summed E-state index contributed by atoms with van der Waals surface area (Å²) in [5, 5.41) is 5.49. The van der Waals surface area contributed by atoms with Gasteiger partial charge in [0, 0.05) is 26.8 Å². The lowest BCUT2D eigenvalue weighted by molar-refractivity contribution is 0.0946. The van der Waals surface area contributed by atoms with Crippen LogP contribution in [0.5, 0.6) is 0 Å². The van der Waals surface area contributed by atoms with E-state index in [1.807, 2.05) is 31.2 Å². The summed E-state index contributed by atoms with van der Waals surface area (Å²) < 4.78 is 8.95. The molecule has 0 aliphatic rings. The summed E-state index contributed by atoms with van der Waals surface area (Å²) in [6.45, 7) is 3.40. The second-order valence-corrected chi connectivity index (χ2v) is 6.32. The third-order valence-corrected chi connectivity index (χ3v) is 4.40. The molecule has 0 fully saturated rings. The molecular formula is C17H22N4O3S. The average molecular weight is 362 g/mol. The molecule has 1 heterocycles. The molecule has 2 amide bonds. The van der Waals surface area contributed by atoms with E-state index in [9.17, 15) is 9.59 Å². The Kier molecular flexibility index (Phi) is 6.91. The van der Waals surface area contributed by atoms with Crippen molar-refractivity contribution in [3.05, 3.63) is 46.0 Å². The van der Waals surface area contributed by atoms with Crippen LogP contribution in [-0.2, 0) is 11.3 Å². The second-order valence-electron chi connectivity index (χ2n) is 5.54. The highest BCUT2D eigenvalue weighted by Gasteiger charge is 2.21. The summed E-state index contributed by atoms with van der Waals surface area (Å²) in [7, 11) is 1.60. The van der Waals surface area contributed by atoms with Gasteiger partial charge in [-0.2, -0.15) is 4.37 Å². The first-order valence-electron chi connectivity index (χ1n) is 7.89. The number of carbonyl (C=O) groups excluding carboxylic acids is 2. The Morgan fingerprint density at radius 3 is 2.60 bits per heavy atom. The maximum atomic E-state index is 12.2. The molecule has 0 unspecified atom stereocenters. The van der Waals surface area contributed by atoms with Crippen LogP contribution >= 0.6 is 11.5 Å². The van der Waals surface area contributed by atoms with E-state index in [0.717, 1.165) is 22.7 Å². The van der Waals surface area contributed by atoms with Gasteiger partial charge >= 0.3 is 0 Å². The standard InChI is InChI=1S/C17H22N4O3S/c1-11-4-6-12(7-5-11)10-20-16(22)14-13(18)15(25-21-14)17(23)19-8-3-9-24-2/h4-7H,3,8-10,18H2,1-2H3,(H,19,23)(H,20,22). The molecule has 0 spiro atoms. The summed E-state index contributed by atoms with van der Waals surface area (Å²) in [6.07, 6.45) is 0.699. The first-order chi connectivity index (χ1) is 12.0. The van der Waals surface area contributed by atoms with E-state index in [4.69, 9.17) is 10.5 Å². The Morgan fingerprint density at radius 1 is 1.20 bits per heavy atom. The van der Waals surface area contributed by atoms with Crippen molar-refractivity contribution < 1.29 is 14.3 Å². The third-order valence-electron chi connectivity index (χ3n) is 3.53. The number of hydrogen-bond acceptors (Lipinski definition) is 6. The fourth-order valence-electron chi connectivity index (χ4n) is 2.10. The van der Waals surface area contributed by atoms with Crippen LogP contribution in [-0.4, -0.2) is 36.4 Å². The number of nitrogens with zero attached hydrogens (tertiary/aromatic N) is 1. The molecule has 0 aliphatic heterocycles. The highest BCUT2D eigenvalue weighted by atomic mass is 32.1. The number of rotatable bonds is 8. The van der Waals surface area contributed by atoms with Gasteiger partial charge in [0.05, 0.1) is 5.69 Å². The van der Waals surface area contributed by atoms with Crippen LogP contribution in [0.15, 0.2) is 24.3 Å². The molecule has 0 atom stereocenters. The van der Waals surface area contributed by atoms with Crippen molar-refractivity contribution in [2.24, 2.45) is 0 Å². The number of nitrogens with one attached hydrogen (secondary N) is 2. The summed E-state index contributed by atoms with van der Waals surface area (Å²) in [5.74, 6) is -0.726. The Hall–Kier alpha value is -2.45. The van der Waals surface area contributed by atoms with E-state index in [0.29, 0.717) is 26.1 Å². The molecule has 0 bridgehead atoms. The Balaban J connectivity index is 1.93. The van der Waals surface area contributed by atoms with Gasteiger partial charge in [0.25, 0.3) is 11.8 Å². The normalized spacial score (nSPS) is 10.5. The number of ether oxygens (including phenoxy) is 1. The van der Waals surface area contributed by atoms with Crippen LogP contribution < -0.4 is 16.4 Å². The smallest absolute Gasteiger partial charge is 0.273 e. The van der Waals surface area contributed by atoms with E-state index < -0.39 is 5.91 Å². The molecule has 2 aromatic rings. The van der Waals surface area contributed by atoms with Crippen molar-refractivity contribution in [3.8, 4) is 0 Å². The monoisotopic (exact) mass is 362 g/mol. The van der Waals surface area contributed by atoms with Crippen LogP contribution in [0.2, 0.25) is 0 Å². The summed E-state index contributed by atoms with van der Waals surface area (Å²) in [6, 6.07) is 7.84. The van der Waals surface area contributed by atoms with E-state index in [2.05, 4.69) is 15.0 Å². The van der Waals surface area contributed by atoms with E-state index in [-0.39, 0.29) is 22.2 Å². The van der Waals surface area contributed by atoms with Crippen molar-refractivity contribution in [3.63, 3.8) is 0 Å². The number of benzene rings is 1. The topological polar surface area (TPSA) is 106 Å². The molecular weight excluding hydrogens is 340 g/mol. The lowest BCUT2D eigenvalue weighted by atomic mass is 10.1. The Bertz CT molecular complexity index is 728. The fraction of sp³-hybridized carbons (Fsp3) is 0.353. The molecule has 4 N–H and O–H groups in total. The van der Waals surface area contributed by atoms with Crippen LogP contribution in [0.25, 0.3) is 0 Å². The van der Waals surface area contributed by atoms with Crippen LogP contribution in [0.3, 0.4) is 0 Å². The molecule has 0 saturated carbocycles. The molecule has 0 radical (unpaired) electrons. The van der Waals surface area contributed by atoms with Gasteiger partial charge in [-0.05, 0) is 30.4 Å². The van der Waals surface area contributed by atoms with Gasteiger partial charge in [0.15, 0.2) is 5.69 Å². The SMILES string of the molecule is COCCCNC(=O)c1snc(C(=O)NCc2ccc(C)cc2)c1N. The Morgan fingerprint density at radius 2 is 1.92 bits per heavy atom. The molecule has 1 aromatic carbocycles. The van der Waals surface area contributed by atoms with Gasteiger partial charge < -0.3 is 21.1 Å². The fourth-order valence-corrected chi connectivity index (χ4v) is 2.81. The van der Waals surface area contributed by atoms with Crippen LogP contribution in [0.4, 0.5) is 5.69 Å². The van der Waals surface area contributed by atoms with Crippen molar-refractivity contribution in [2.75, 3.05) is 26.0 Å². The molecule has 134 valence electrons. The van der Waals surface area contributed by atoms with Crippen LogP contribution in [0.1, 0.15) is 37.7 Å². The highest BCUT2D eigenvalue weighted by molar-refractivity contribution is 7.09. The molecule has 2 rings (SSSR count). The molecule has 25 heavy (non-hydrogen) atoms. The molecule has 8 heteroatoms. The van der Waals surface area contributed by atoms with E-state index in [1.165, 1.54) is 0 Å². The molecule has 7 nitrogen and oxygen atoms in total. The predicted molar refractivity (Wildman–Crippen MR) is 97.7 cm³/mol. The van der Waals surface area contributed by atoms with Gasteiger partial charge in [-0.1, -0.05) is 29.8 Å². The van der Waals surface area contributed by atoms with Gasteiger partial charge in [0.1, 0.15) is 4.88 Å². The molecule has 0 saturated heterocycles. The maximum Gasteiger partial charge on any atom is 0.273 e. The minimum atomic E-state index is -0.396. The lowest BCUT2D eigenvalue weighted by Gasteiger charge is -2.05. The first kappa shape index (κ1) is 18.9. The highest BCUT2D eigenvalue weighted by Crippen LogP contribution is 2.21. The zero-order valence-electron chi connectivity index (χ0n) is 14.3. The van der Waals surface area contributed by atoms with Crippen molar-refractivity contribution in [1.82, 2.24) is 15.0 Å². The summed E-state index contributed by atoms with van der Waals surface area (Å²) in [5.41, 5.74) is 8.24. The number of aryl methyl sites for hydroxylation is 1. The largest absolute Gasteiger partial charge is 0.395 e. The van der Waals surface area contributed by atoms with E-state index in [1.54, 1.807) is 7.11 Å². The van der Waals surface area contributed by atoms with Gasteiger partial charge in [-0.3, -0.25) is 9.59 Å². The number of nitrogens with two attached hydrogens (primary N) is 1. The van der Waals surface area contributed by atoms with E-state index >= 15 is 0 Å². The Labute approximate surface area is 150 Å². The summed E-state index contributed by atoms with van der Waals surface area (Å²) >= 11 is 0.921. The first-order valence-corrected chi connectivity index (χ1v) is 8.66. The molecule has 0 aliphatic carbocycles. The van der Waals surface area contributed by atoms with Crippen molar-refractivity contribution in [1.29, 1.82) is 0 Å². The van der Waals surface area contributed by atoms with Gasteiger partial charge in [0.2, 0.25) is 0 Å². The predicted octanol–water partition coefficient (Wildman–Crippen LogP) is 1.73. The maximum absolute atomic E-state index is 12.2. The van der Waals surface area contributed by atoms with Gasteiger partial charge in [-0.25, -0.2) is 0 Å². The number of nitrogen functional groups attached to an aromatic ring is 1. The number of aromatic nitrogens is 1. The second kappa shape index (κ2) is 9.14. The number of anilines is 1. The number of amides is 2. The molecule has 1 aromatic heterocycles. The number of hydrogen-bond donors (Lipinski definition) is 3. The lowest BCUT2D eigenvalue weighted by Crippen LogP contribution is -2.26. The summed E-state index contributed by atoms with van der Waals surface area (Å²) in [4.78, 5) is 24.6. The average Bonchev–Trinajstić information content (AvgIpc) is 2.99. The zero-order chi connectivity index (χ0) is 18.2. The van der Waals surface area contributed by atoms with Gasteiger partial charge in [-0.15, -0.1) is 0 Å². The quantitative estimate of drug-likeness (QED) is 0.620. The number of carbonyl (C=O) groups is 2. The zero-order valence-corrected chi connectivity index (χ0v) is 15.1. The van der Waals surface area contributed by atoms with Crippen molar-refractivity contribution in [2.45, 2.75) is 19.9 Å².